The highest BCUT2D eigenvalue weighted by molar-refractivity contribution is 5.25. The quantitative estimate of drug-likeness (QED) is 0.876. The van der Waals surface area contributed by atoms with Crippen LogP contribution in [0, 0.1) is 6.92 Å². The second-order valence-electron chi connectivity index (χ2n) is 5.70. The van der Waals surface area contributed by atoms with Gasteiger partial charge in [-0.25, -0.2) is 0 Å². The van der Waals surface area contributed by atoms with Crippen molar-refractivity contribution in [3.8, 4) is 0 Å². The topological polar surface area (TPSA) is 38.0 Å². The standard InChI is InChI=1S/C17H24N2O/c1-13(2)19-11-10-16(18-19)12-17(20)9-8-15-7-5-4-6-14(15)3/h4-7,10-11,13,17,20H,8-9,12H2,1-3H3. The number of hydrogen-bond donors (Lipinski definition) is 1. The van der Waals surface area contributed by atoms with Crippen molar-refractivity contribution >= 4 is 0 Å². The summed E-state index contributed by atoms with van der Waals surface area (Å²) in [5.74, 6) is 0. The predicted molar refractivity (Wildman–Crippen MR) is 81.8 cm³/mol. The maximum Gasteiger partial charge on any atom is 0.0650 e. The van der Waals surface area contributed by atoms with Crippen LogP contribution in [-0.4, -0.2) is 21.0 Å². The lowest BCUT2D eigenvalue weighted by molar-refractivity contribution is 0.163. The summed E-state index contributed by atoms with van der Waals surface area (Å²) in [7, 11) is 0. The number of aliphatic hydroxyl groups is 1. The van der Waals surface area contributed by atoms with E-state index in [0.29, 0.717) is 12.5 Å². The van der Waals surface area contributed by atoms with Gasteiger partial charge in [-0.2, -0.15) is 5.10 Å². The van der Waals surface area contributed by atoms with Crippen molar-refractivity contribution in [2.45, 2.75) is 52.2 Å². The molecule has 0 saturated carbocycles. The normalized spacial score (nSPS) is 12.8. The summed E-state index contributed by atoms with van der Waals surface area (Å²) in [6, 6.07) is 10.7. The number of aliphatic hydroxyl groups excluding tert-OH is 1. The highest BCUT2D eigenvalue weighted by Gasteiger charge is 2.10. The molecule has 2 aromatic rings. The molecule has 0 spiro atoms. The highest BCUT2D eigenvalue weighted by Crippen LogP contribution is 2.13. The second-order valence-corrected chi connectivity index (χ2v) is 5.70. The third-order valence-corrected chi connectivity index (χ3v) is 3.65. The third-order valence-electron chi connectivity index (χ3n) is 3.65. The summed E-state index contributed by atoms with van der Waals surface area (Å²) >= 11 is 0. The zero-order valence-corrected chi connectivity index (χ0v) is 12.6. The lowest BCUT2D eigenvalue weighted by Crippen LogP contribution is -2.13. The number of nitrogens with zero attached hydrogens (tertiary/aromatic N) is 2. The molecule has 0 amide bonds. The summed E-state index contributed by atoms with van der Waals surface area (Å²) < 4.78 is 1.93. The first-order chi connectivity index (χ1) is 9.56. The van der Waals surface area contributed by atoms with Crippen molar-refractivity contribution in [3.05, 3.63) is 53.3 Å². The van der Waals surface area contributed by atoms with Gasteiger partial charge in [0.2, 0.25) is 0 Å². The van der Waals surface area contributed by atoms with E-state index in [-0.39, 0.29) is 6.10 Å². The number of rotatable bonds is 6. The minimum atomic E-state index is -0.329. The molecular formula is C17H24N2O. The Kier molecular flexibility index (Phi) is 4.96. The number of benzene rings is 1. The molecule has 0 saturated heterocycles. The van der Waals surface area contributed by atoms with E-state index in [1.54, 1.807) is 0 Å². The van der Waals surface area contributed by atoms with Crippen LogP contribution >= 0.6 is 0 Å². The molecule has 3 heteroatoms. The number of aromatic nitrogens is 2. The number of hydrogen-bond acceptors (Lipinski definition) is 2. The Morgan fingerprint density at radius 1 is 1.20 bits per heavy atom. The lowest BCUT2D eigenvalue weighted by atomic mass is 10.0. The van der Waals surface area contributed by atoms with Gasteiger partial charge >= 0.3 is 0 Å². The molecule has 0 bridgehead atoms. The molecule has 108 valence electrons. The van der Waals surface area contributed by atoms with Crippen LogP contribution in [0.2, 0.25) is 0 Å². The zero-order chi connectivity index (χ0) is 14.5. The van der Waals surface area contributed by atoms with Crippen LogP contribution in [-0.2, 0) is 12.8 Å². The van der Waals surface area contributed by atoms with E-state index in [2.05, 4.69) is 44.1 Å². The Morgan fingerprint density at radius 3 is 2.60 bits per heavy atom. The number of aryl methyl sites for hydroxylation is 2. The second kappa shape index (κ2) is 6.71. The third kappa shape index (κ3) is 3.94. The summed E-state index contributed by atoms with van der Waals surface area (Å²) in [5.41, 5.74) is 3.58. The molecule has 0 aliphatic rings. The first-order valence-electron chi connectivity index (χ1n) is 7.33. The lowest BCUT2D eigenvalue weighted by Gasteiger charge is -2.10. The maximum atomic E-state index is 10.2. The van der Waals surface area contributed by atoms with Crippen molar-refractivity contribution in [3.63, 3.8) is 0 Å². The molecule has 2 rings (SSSR count). The smallest absolute Gasteiger partial charge is 0.0650 e. The van der Waals surface area contributed by atoms with E-state index in [1.165, 1.54) is 11.1 Å². The van der Waals surface area contributed by atoms with Gasteiger partial charge in [-0.3, -0.25) is 4.68 Å². The molecule has 3 nitrogen and oxygen atoms in total. The van der Waals surface area contributed by atoms with E-state index in [4.69, 9.17) is 0 Å². The van der Waals surface area contributed by atoms with Crippen molar-refractivity contribution in [1.29, 1.82) is 0 Å². The molecule has 1 atom stereocenters. The fourth-order valence-corrected chi connectivity index (χ4v) is 2.33. The largest absolute Gasteiger partial charge is 0.393 e. The van der Waals surface area contributed by atoms with Gasteiger partial charge in [0.1, 0.15) is 0 Å². The van der Waals surface area contributed by atoms with Crippen molar-refractivity contribution in [1.82, 2.24) is 9.78 Å². The minimum Gasteiger partial charge on any atom is -0.393 e. The molecule has 20 heavy (non-hydrogen) atoms. The zero-order valence-electron chi connectivity index (χ0n) is 12.6. The summed E-state index contributed by atoms with van der Waals surface area (Å²) in [5, 5.41) is 14.6. The molecule has 1 aromatic heterocycles. The van der Waals surface area contributed by atoms with Crippen LogP contribution in [0.3, 0.4) is 0 Å². The van der Waals surface area contributed by atoms with Gasteiger partial charge in [-0.05, 0) is 50.8 Å². The van der Waals surface area contributed by atoms with Crippen LogP contribution in [0.25, 0.3) is 0 Å². The van der Waals surface area contributed by atoms with Gasteiger partial charge in [0.25, 0.3) is 0 Å². The van der Waals surface area contributed by atoms with Crippen LogP contribution in [0.5, 0.6) is 0 Å². The fourth-order valence-electron chi connectivity index (χ4n) is 2.33. The maximum absolute atomic E-state index is 10.2. The minimum absolute atomic E-state index is 0.329. The van der Waals surface area contributed by atoms with E-state index in [1.807, 2.05) is 23.0 Å². The molecule has 0 radical (unpaired) electrons. The van der Waals surface area contributed by atoms with Crippen LogP contribution in [0.1, 0.15) is 43.1 Å². The van der Waals surface area contributed by atoms with Gasteiger partial charge in [0.05, 0.1) is 11.8 Å². The van der Waals surface area contributed by atoms with Crippen molar-refractivity contribution < 1.29 is 5.11 Å². The van der Waals surface area contributed by atoms with Crippen LogP contribution in [0.4, 0.5) is 0 Å². The molecule has 1 heterocycles. The van der Waals surface area contributed by atoms with Crippen molar-refractivity contribution in [2.24, 2.45) is 0 Å². The molecule has 0 fully saturated rings. The average Bonchev–Trinajstić information content (AvgIpc) is 2.86. The van der Waals surface area contributed by atoms with E-state index in [0.717, 1.165) is 18.5 Å². The van der Waals surface area contributed by atoms with Crippen molar-refractivity contribution in [2.75, 3.05) is 0 Å². The fraction of sp³-hybridized carbons (Fsp3) is 0.471. The Hall–Kier alpha value is -1.61. The van der Waals surface area contributed by atoms with Gasteiger partial charge in [0.15, 0.2) is 0 Å². The summed E-state index contributed by atoms with van der Waals surface area (Å²) in [6.45, 7) is 6.32. The molecule has 0 aliphatic carbocycles. The molecule has 1 unspecified atom stereocenters. The monoisotopic (exact) mass is 272 g/mol. The van der Waals surface area contributed by atoms with Gasteiger partial charge in [-0.15, -0.1) is 0 Å². The first kappa shape index (κ1) is 14.8. The Morgan fingerprint density at radius 2 is 1.95 bits per heavy atom. The van der Waals surface area contributed by atoms with Crippen LogP contribution < -0.4 is 0 Å². The average molecular weight is 272 g/mol. The Bertz CT molecular complexity index is 545. The van der Waals surface area contributed by atoms with Gasteiger partial charge in [-0.1, -0.05) is 24.3 Å². The SMILES string of the molecule is Cc1ccccc1CCC(O)Cc1ccn(C(C)C)n1. The van der Waals surface area contributed by atoms with Crippen LogP contribution in [0.15, 0.2) is 36.5 Å². The first-order valence-corrected chi connectivity index (χ1v) is 7.33. The van der Waals surface area contributed by atoms with E-state index < -0.39 is 0 Å². The van der Waals surface area contributed by atoms with Gasteiger partial charge in [0, 0.05) is 18.7 Å². The summed E-state index contributed by atoms with van der Waals surface area (Å²) in [4.78, 5) is 0. The highest BCUT2D eigenvalue weighted by atomic mass is 16.3. The molecular weight excluding hydrogens is 248 g/mol. The Balaban J connectivity index is 1.86. The Labute approximate surface area is 121 Å². The van der Waals surface area contributed by atoms with E-state index in [9.17, 15) is 5.11 Å². The van der Waals surface area contributed by atoms with E-state index >= 15 is 0 Å². The predicted octanol–water partition coefficient (Wildman–Crippen LogP) is 3.31. The molecule has 1 aromatic carbocycles. The van der Waals surface area contributed by atoms with Gasteiger partial charge < -0.3 is 5.11 Å². The molecule has 0 aliphatic heterocycles. The molecule has 1 N–H and O–H groups in total. The summed E-state index contributed by atoms with van der Waals surface area (Å²) in [6.07, 6.45) is 3.97.